The van der Waals surface area contributed by atoms with E-state index in [0.29, 0.717) is 13.2 Å². The molecule has 0 radical (unpaired) electrons. The zero-order valence-electron chi connectivity index (χ0n) is 16.0. The van der Waals surface area contributed by atoms with Crippen molar-refractivity contribution in [1.29, 1.82) is 0 Å². The molecule has 1 atom stereocenters. The highest BCUT2D eigenvalue weighted by Crippen LogP contribution is 2.19. The fourth-order valence-electron chi connectivity index (χ4n) is 3.12. The summed E-state index contributed by atoms with van der Waals surface area (Å²) in [5.41, 5.74) is 1.80. The lowest BCUT2D eigenvalue weighted by atomic mass is 10.2. The molecule has 1 fully saturated rings. The summed E-state index contributed by atoms with van der Waals surface area (Å²) in [4.78, 5) is 12.6. The van der Waals surface area contributed by atoms with Crippen LogP contribution in [0.4, 0.5) is 0 Å². The molecule has 2 aromatic carbocycles. The van der Waals surface area contributed by atoms with Crippen LogP contribution in [0.1, 0.15) is 24.0 Å². The Morgan fingerprint density at radius 3 is 2.50 bits per heavy atom. The maximum Gasteiger partial charge on any atom is 0.243 e. The molecule has 28 heavy (non-hydrogen) atoms. The summed E-state index contributed by atoms with van der Waals surface area (Å²) in [5, 5.41) is 2.80. The van der Waals surface area contributed by atoms with Gasteiger partial charge in [-0.3, -0.25) is 4.79 Å². The Morgan fingerprint density at radius 1 is 1.14 bits per heavy atom. The standard InChI is InChI=1S/C21H26N2O4S/c1-17-9-11-20(12-10-17)28(25,26)23(15-18-6-3-2-4-7-18)16-21(24)22-14-19-8-5-13-27-19/h2-4,6-7,9-12,19H,5,8,13-16H2,1H3,(H,22,24)/t19-/m1/s1. The van der Waals surface area contributed by atoms with Crippen LogP contribution in [0.5, 0.6) is 0 Å². The smallest absolute Gasteiger partial charge is 0.243 e. The lowest BCUT2D eigenvalue weighted by Gasteiger charge is -2.22. The van der Waals surface area contributed by atoms with E-state index in [4.69, 9.17) is 4.74 Å². The van der Waals surface area contributed by atoms with Crippen molar-refractivity contribution < 1.29 is 17.9 Å². The molecule has 1 N–H and O–H groups in total. The number of nitrogens with zero attached hydrogens (tertiary/aromatic N) is 1. The van der Waals surface area contributed by atoms with E-state index in [9.17, 15) is 13.2 Å². The largest absolute Gasteiger partial charge is 0.376 e. The predicted molar refractivity (Wildman–Crippen MR) is 107 cm³/mol. The third-order valence-electron chi connectivity index (χ3n) is 4.73. The van der Waals surface area contributed by atoms with Gasteiger partial charge >= 0.3 is 0 Å². The van der Waals surface area contributed by atoms with Crippen LogP contribution in [0.25, 0.3) is 0 Å². The molecule has 3 rings (SSSR count). The Bertz CT molecular complexity index is 876. The molecule has 1 heterocycles. The maximum absolute atomic E-state index is 13.2. The second kappa shape index (κ2) is 9.32. The third-order valence-corrected chi connectivity index (χ3v) is 6.54. The van der Waals surface area contributed by atoms with E-state index in [1.807, 2.05) is 37.3 Å². The number of aryl methyl sites for hydroxylation is 1. The van der Waals surface area contributed by atoms with E-state index in [-0.39, 0.29) is 30.0 Å². The summed E-state index contributed by atoms with van der Waals surface area (Å²) in [5.74, 6) is -0.331. The number of ether oxygens (including phenoxy) is 1. The Kier molecular flexibility index (Phi) is 6.83. The van der Waals surface area contributed by atoms with Gasteiger partial charge in [-0.15, -0.1) is 0 Å². The average molecular weight is 403 g/mol. The van der Waals surface area contributed by atoms with Gasteiger partial charge < -0.3 is 10.1 Å². The molecular weight excluding hydrogens is 376 g/mol. The van der Waals surface area contributed by atoms with Crippen LogP contribution in [0, 0.1) is 6.92 Å². The highest BCUT2D eigenvalue weighted by Gasteiger charge is 2.27. The van der Waals surface area contributed by atoms with Crippen LogP contribution in [0.3, 0.4) is 0 Å². The molecule has 6 nitrogen and oxygen atoms in total. The van der Waals surface area contributed by atoms with Gasteiger partial charge in [-0.05, 0) is 37.5 Å². The number of hydrogen-bond acceptors (Lipinski definition) is 4. The number of benzene rings is 2. The second-order valence-corrected chi connectivity index (χ2v) is 8.95. The van der Waals surface area contributed by atoms with Gasteiger partial charge in [0.05, 0.1) is 17.5 Å². The minimum Gasteiger partial charge on any atom is -0.376 e. The molecule has 0 aliphatic carbocycles. The highest BCUT2D eigenvalue weighted by atomic mass is 32.2. The molecule has 1 saturated heterocycles. The van der Waals surface area contributed by atoms with Crippen LogP contribution >= 0.6 is 0 Å². The second-order valence-electron chi connectivity index (χ2n) is 7.01. The number of hydrogen-bond donors (Lipinski definition) is 1. The van der Waals surface area contributed by atoms with Gasteiger partial charge in [-0.2, -0.15) is 4.31 Å². The summed E-state index contributed by atoms with van der Waals surface area (Å²) in [6.45, 7) is 2.91. The van der Waals surface area contributed by atoms with E-state index >= 15 is 0 Å². The molecule has 0 bridgehead atoms. The molecule has 0 aromatic heterocycles. The predicted octanol–water partition coefficient (Wildman–Crippen LogP) is 2.48. The number of amides is 1. The highest BCUT2D eigenvalue weighted by molar-refractivity contribution is 7.89. The van der Waals surface area contributed by atoms with Gasteiger partial charge in [-0.1, -0.05) is 48.0 Å². The van der Waals surface area contributed by atoms with Gasteiger partial charge in [0.15, 0.2) is 0 Å². The summed E-state index contributed by atoms with van der Waals surface area (Å²) >= 11 is 0. The monoisotopic (exact) mass is 402 g/mol. The van der Waals surface area contributed by atoms with Crippen molar-refractivity contribution in [3.63, 3.8) is 0 Å². The summed E-state index contributed by atoms with van der Waals surface area (Å²) in [6.07, 6.45) is 1.92. The van der Waals surface area contributed by atoms with Crippen LogP contribution < -0.4 is 5.32 Å². The third kappa shape index (κ3) is 5.41. The van der Waals surface area contributed by atoms with E-state index in [0.717, 1.165) is 24.0 Å². The lowest BCUT2D eigenvalue weighted by Crippen LogP contribution is -2.42. The van der Waals surface area contributed by atoms with Gasteiger partial charge in [0.1, 0.15) is 0 Å². The topological polar surface area (TPSA) is 75.7 Å². The van der Waals surface area contributed by atoms with Gasteiger partial charge in [0.25, 0.3) is 0 Å². The summed E-state index contributed by atoms with van der Waals surface area (Å²) in [7, 11) is -3.81. The molecule has 1 amide bonds. The molecule has 1 aliphatic rings. The van der Waals surface area contributed by atoms with E-state index in [2.05, 4.69) is 5.32 Å². The Hall–Kier alpha value is -2.22. The number of carbonyl (C=O) groups excluding carboxylic acids is 1. The van der Waals surface area contributed by atoms with E-state index in [1.165, 1.54) is 4.31 Å². The summed E-state index contributed by atoms with van der Waals surface area (Å²) in [6, 6.07) is 15.9. The van der Waals surface area contributed by atoms with Crippen molar-refractivity contribution >= 4 is 15.9 Å². The van der Waals surface area contributed by atoms with Gasteiger partial charge in [0.2, 0.25) is 15.9 Å². The molecule has 2 aromatic rings. The summed E-state index contributed by atoms with van der Waals surface area (Å²) < 4.78 is 33.1. The molecule has 1 aliphatic heterocycles. The molecule has 0 saturated carbocycles. The number of nitrogens with one attached hydrogen (secondary N) is 1. The van der Waals surface area contributed by atoms with Crippen LogP contribution in [-0.4, -0.2) is 44.4 Å². The molecular formula is C21H26N2O4S. The fraction of sp³-hybridized carbons (Fsp3) is 0.381. The van der Waals surface area contributed by atoms with Crippen molar-refractivity contribution in [1.82, 2.24) is 9.62 Å². The van der Waals surface area contributed by atoms with Crippen molar-refractivity contribution in [3.05, 3.63) is 65.7 Å². The molecule has 0 spiro atoms. The van der Waals surface area contributed by atoms with Crippen molar-refractivity contribution in [3.8, 4) is 0 Å². The Labute approximate surface area is 166 Å². The normalized spacial score (nSPS) is 17.0. The molecule has 7 heteroatoms. The maximum atomic E-state index is 13.2. The number of carbonyl (C=O) groups is 1. The lowest BCUT2D eigenvalue weighted by molar-refractivity contribution is -0.121. The van der Waals surface area contributed by atoms with Crippen molar-refractivity contribution in [2.24, 2.45) is 0 Å². The van der Waals surface area contributed by atoms with Crippen LogP contribution in [0.15, 0.2) is 59.5 Å². The first-order chi connectivity index (χ1) is 13.4. The number of sulfonamides is 1. The van der Waals surface area contributed by atoms with E-state index in [1.54, 1.807) is 24.3 Å². The Morgan fingerprint density at radius 2 is 1.86 bits per heavy atom. The quantitative estimate of drug-likeness (QED) is 0.736. The first kappa shape index (κ1) is 20.5. The van der Waals surface area contributed by atoms with Crippen LogP contribution in [-0.2, 0) is 26.1 Å². The van der Waals surface area contributed by atoms with E-state index < -0.39 is 10.0 Å². The van der Waals surface area contributed by atoms with Crippen molar-refractivity contribution in [2.75, 3.05) is 19.7 Å². The number of rotatable bonds is 8. The van der Waals surface area contributed by atoms with Crippen molar-refractivity contribution in [2.45, 2.75) is 37.3 Å². The first-order valence-electron chi connectivity index (χ1n) is 9.44. The zero-order chi connectivity index (χ0) is 20.0. The minimum absolute atomic E-state index is 0.0141. The fourth-order valence-corrected chi connectivity index (χ4v) is 4.51. The van der Waals surface area contributed by atoms with Crippen LogP contribution in [0.2, 0.25) is 0 Å². The Balaban J connectivity index is 1.75. The van der Waals surface area contributed by atoms with Gasteiger partial charge in [0, 0.05) is 19.7 Å². The SMILES string of the molecule is Cc1ccc(S(=O)(=O)N(CC(=O)NC[C@H]2CCCO2)Cc2ccccc2)cc1. The molecule has 0 unspecified atom stereocenters. The molecule has 150 valence electrons. The minimum atomic E-state index is -3.81. The van der Waals surface area contributed by atoms with Gasteiger partial charge in [-0.25, -0.2) is 8.42 Å². The average Bonchev–Trinajstić information content (AvgIpc) is 3.21. The first-order valence-corrected chi connectivity index (χ1v) is 10.9. The zero-order valence-corrected chi connectivity index (χ0v) is 16.8.